The fourth-order valence-corrected chi connectivity index (χ4v) is 3.14. The van der Waals surface area contributed by atoms with Gasteiger partial charge in [-0.2, -0.15) is 0 Å². The largest absolute Gasteiger partial charge is 0.376 e. The van der Waals surface area contributed by atoms with Gasteiger partial charge in [-0.15, -0.1) is 0 Å². The van der Waals surface area contributed by atoms with Crippen molar-refractivity contribution in [2.75, 3.05) is 38.2 Å². The van der Waals surface area contributed by atoms with Gasteiger partial charge in [0.05, 0.1) is 19.8 Å². The van der Waals surface area contributed by atoms with Crippen molar-refractivity contribution in [3.63, 3.8) is 0 Å². The first-order chi connectivity index (χ1) is 8.31. The van der Waals surface area contributed by atoms with Crippen molar-refractivity contribution in [1.29, 1.82) is 0 Å². The van der Waals surface area contributed by atoms with E-state index in [0.717, 1.165) is 31.3 Å². The van der Waals surface area contributed by atoms with E-state index in [1.807, 2.05) is 4.90 Å². The molecule has 4 nitrogen and oxygen atoms in total. The Bertz CT molecular complexity index is 254. The number of halogens is 1. The number of alkyl halides is 1. The summed E-state index contributed by atoms with van der Waals surface area (Å²) in [6, 6.07) is 0. The zero-order valence-electron chi connectivity index (χ0n) is 10.1. The van der Waals surface area contributed by atoms with E-state index in [1.54, 1.807) is 0 Å². The number of amides is 1. The van der Waals surface area contributed by atoms with Crippen LogP contribution in [0.25, 0.3) is 0 Å². The highest BCUT2D eigenvalue weighted by Crippen LogP contribution is 2.21. The lowest BCUT2D eigenvalue weighted by Crippen LogP contribution is -2.48. The van der Waals surface area contributed by atoms with E-state index >= 15 is 0 Å². The van der Waals surface area contributed by atoms with E-state index in [0.29, 0.717) is 25.7 Å². The van der Waals surface area contributed by atoms with Crippen molar-refractivity contribution >= 4 is 21.8 Å². The second-order valence-corrected chi connectivity index (χ2v) is 5.50. The Labute approximate surface area is 111 Å². The maximum atomic E-state index is 12.2. The van der Waals surface area contributed by atoms with Crippen LogP contribution in [0, 0.1) is 5.92 Å². The average Bonchev–Trinajstić information content (AvgIpc) is 2.40. The molecule has 1 amide bonds. The van der Waals surface area contributed by atoms with Crippen LogP contribution in [0.2, 0.25) is 0 Å². The number of hydrogen-bond donors (Lipinski definition) is 0. The summed E-state index contributed by atoms with van der Waals surface area (Å²) in [7, 11) is 0. The van der Waals surface area contributed by atoms with E-state index < -0.39 is 0 Å². The lowest BCUT2D eigenvalue weighted by molar-refractivity contribution is -0.159. The van der Waals surface area contributed by atoms with Gasteiger partial charge in [0.15, 0.2) is 6.10 Å². The first kappa shape index (κ1) is 13.3. The summed E-state index contributed by atoms with van der Waals surface area (Å²) in [5.74, 6) is 0.751. The normalized spacial score (nSPS) is 30.3. The Balaban J connectivity index is 1.85. The Morgan fingerprint density at radius 1 is 1.41 bits per heavy atom. The van der Waals surface area contributed by atoms with E-state index in [4.69, 9.17) is 9.47 Å². The molecule has 0 bridgehead atoms. The quantitative estimate of drug-likeness (QED) is 0.740. The topological polar surface area (TPSA) is 38.8 Å². The molecule has 98 valence electrons. The van der Waals surface area contributed by atoms with Gasteiger partial charge in [0.1, 0.15) is 0 Å². The maximum Gasteiger partial charge on any atom is 0.254 e. The van der Waals surface area contributed by atoms with E-state index in [9.17, 15) is 4.79 Å². The second kappa shape index (κ2) is 6.71. The van der Waals surface area contributed by atoms with Crippen LogP contribution in [0.1, 0.15) is 19.3 Å². The molecule has 17 heavy (non-hydrogen) atoms. The molecule has 2 saturated heterocycles. The molecule has 0 aromatic rings. The van der Waals surface area contributed by atoms with Crippen molar-refractivity contribution in [1.82, 2.24) is 4.90 Å². The minimum Gasteiger partial charge on any atom is -0.376 e. The molecule has 0 N–H and O–H groups in total. The second-order valence-electron chi connectivity index (χ2n) is 4.70. The highest BCUT2D eigenvalue weighted by Gasteiger charge is 2.30. The maximum absolute atomic E-state index is 12.2. The summed E-state index contributed by atoms with van der Waals surface area (Å²) in [6.07, 6.45) is 3.12. The zero-order valence-corrected chi connectivity index (χ0v) is 11.7. The minimum atomic E-state index is -0.369. The molecule has 0 radical (unpaired) electrons. The lowest BCUT2D eigenvalue weighted by Gasteiger charge is -2.35. The van der Waals surface area contributed by atoms with Gasteiger partial charge in [-0.1, -0.05) is 15.9 Å². The monoisotopic (exact) mass is 305 g/mol. The first-order valence-electron chi connectivity index (χ1n) is 6.35. The van der Waals surface area contributed by atoms with Gasteiger partial charge >= 0.3 is 0 Å². The van der Waals surface area contributed by atoms with Crippen LogP contribution in [0.15, 0.2) is 0 Å². The Morgan fingerprint density at radius 3 is 3.00 bits per heavy atom. The number of likely N-dealkylation sites (tertiary alicyclic amines) is 1. The Hall–Kier alpha value is -0.130. The van der Waals surface area contributed by atoms with Gasteiger partial charge in [-0.05, 0) is 25.2 Å². The molecule has 2 rings (SSSR count). The highest BCUT2D eigenvalue weighted by molar-refractivity contribution is 9.09. The molecule has 2 heterocycles. The van der Waals surface area contributed by atoms with Crippen molar-refractivity contribution in [3.8, 4) is 0 Å². The minimum absolute atomic E-state index is 0.115. The number of ether oxygens (including phenoxy) is 2. The number of rotatable bonds is 3. The summed E-state index contributed by atoms with van der Waals surface area (Å²) in [5.41, 5.74) is 0. The molecule has 2 aliphatic heterocycles. The number of piperidine rings is 1. The average molecular weight is 306 g/mol. The van der Waals surface area contributed by atoms with Crippen LogP contribution in [-0.4, -0.2) is 55.2 Å². The summed E-state index contributed by atoms with van der Waals surface area (Å²) < 4.78 is 10.8. The van der Waals surface area contributed by atoms with Crippen molar-refractivity contribution in [2.24, 2.45) is 5.92 Å². The number of hydrogen-bond acceptors (Lipinski definition) is 3. The Kier molecular flexibility index (Phi) is 5.25. The zero-order chi connectivity index (χ0) is 12.1. The first-order valence-corrected chi connectivity index (χ1v) is 7.47. The number of carbonyl (C=O) groups is 1. The molecule has 2 atom stereocenters. The fraction of sp³-hybridized carbons (Fsp3) is 0.917. The van der Waals surface area contributed by atoms with E-state index in [2.05, 4.69) is 15.9 Å². The molecule has 2 unspecified atom stereocenters. The van der Waals surface area contributed by atoms with Crippen molar-refractivity contribution in [3.05, 3.63) is 0 Å². The third kappa shape index (κ3) is 3.66. The molecule has 0 aromatic heterocycles. The molecule has 0 saturated carbocycles. The van der Waals surface area contributed by atoms with Crippen LogP contribution in [-0.2, 0) is 14.3 Å². The molecule has 0 aliphatic carbocycles. The van der Waals surface area contributed by atoms with Gasteiger partial charge in [-0.25, -0.2) is 0 Å². The highest BCUT2D eigenvalue weighted by atomic mass is 79.9. The molecule has 2 aliphatic rings. The predicted molar refractivity (Wildman–Crippen MR) is 68.3 cm³/mol. The van der Waals surface area contributed by atoms with E-state index in [1.165, 1.54) is 6.42 Å². The number of carbonyl (C=O) groups excluding carboxylic acids is 1. The van der Waals surface area contributed by atoms with Gasteiger partial charge in [0, 0.05) is 18.4 Å². The third-order valence-corrected chi connectivity index (χ3v) is 3.90. The number of nitrogens with zero attached hydrogens (tertiary/aromatic N) is 1. The molecule has 5 heteroatoms. The lowest BCUT2D eigenvalue weighted by atomic mass is 9.95. The molecule has 2 fully saturated rings. The van der Waals surface area contributed by atoms with Gasteiger partial charge in [0.25, 0.3) is 5.91 Å². The fourth-order valence-electron chi connectivity index (χ4n) is 2.49. The van der Waals surface area contributed by atoms with Crippen LogP contribution >= 0.6 is 15.9 Å². The summed E-state index contributed by atoms with van der Waals surface area (Å²) in [5, 5.41) is 1.02. The third-order valence-electron chi connectivity index (χ3n) is 3.44. The SMILES string of the molecule is O=C(C1COCCO1)N1CCCC(CCBr)C1. The van der Waals surface area contributed by atoms with Crippen molar-refractivity contribution < 1.29 is 14.3 Å². The standard InChI is InChI=1S/C12H20BrNO3/c13-4-3-10-2-1-5-14(8-10)12(15)11-9-16-6-7-17-11/h10-11H,1-9H2. The smallest absolute Gasteiger partial charge is 0.254 e. The van der Waals surface area contributed by atoms with Crippen LogP contribution < -0.4 is 0 Å². The van der Waals surface area contributed by atoms with Gasteiger partial charge in [0.2, 0.25) is 0 Å². The van der Waals surface area contributed by atoms with Gasteiger partial charge < -0.3 is 14.4 Å². The summed E-state index contributed by atoms with van der Waals surface area (Å²) >= 11 is 3.47. The van der Waals surface area contributed by atoms with Crippen LogP contribution in [0.5, 0.6) is 0 Å². The van der Waals surface area contributed by atoms with Crippen LogP contribution in [0.4, 0.5) is 0 Å². The molecule has 0 spiro atoms. The Morgan fingerprint density at radius 2 is 2.29 bits per heavy atom. The molecular weight excluding hydrogens is 286 g/mol. The van der Waals surface area contributed by atoms with Crippen molar-refractivity contribution in [2.45, 2.75) is 25.4 Å². The molecule has 0 aromatic carbocycles. The van der Waals surface area contributed by atoms with Crippen LogP contribution in [0.3, 0.4) is 0 Å². The summed E-state index contributed by atoms with van der Waals surface area (Å²) in [4.78, 5) is 14.2. The molecular formula is C12H20BrNO3. The summed E-state index contributed by atoms with van der Waals surface area (Å²) in [6.45, 7) is 3.31. The van der Waals surface area contributed by atoms with Gasteiger partial charge in [-0.3, -0.25) is 4.79 Å². The predicted octanol–water partition coefficient (Wildman–Crippen LogP) is 1.43. The van der Waals surface area contributed by atoms with E-state index in [-0.39, 0.29) is 12.0 Å².